The molecule has 4 aliphatic heterocycles. The number of ketones is 2. The van der Waals surface area contributed by atoms with Gasteiger partial charge in [0.2, 0.25) is 35.2 Å². The highest BCUT2D eigenvalue weighted by Crippen LogP contribution is 2.66. The summed E-state index contributed by atoms with van der Waals surface area (Å²) in [6.45, 7) is 16.6. The number of aromatic nitrogens is 1. The number of pyridine rings is 1. The van der Waals surface area contributed by atoms with Crippen LogP contribution in [-0.4, -0.2) is 147 Å². The fourth-order valence-electron chi connectivity index (χ4n) is 14.3. The highest BCUT2D eigenvalue weighted by Gasteiger charge is 2.71. The Labute approximate surface area is 502 Å². The van der Waals surface area contributed by atoms with Crippen molar-refractivity contribution >= 4 is 59.5 Å². The Bertz CT molecular complexity index is 2520. The van der Waals surface area contributed by atoms with E-state index in [1.165, 1.54) is 12.2 Å². The van der Waals surface area contributed by atoms with Gasteiger partial charge < -0.3 is 52.5 Å². The van der Waals surface area contributed by atoms with Crippen molar-refractivity contribution in [1.82, 2.24) is 46.7 Å². The number of urea groups is 1. The Morgan fingerprint density at radius 1 is 0.647 bits per heavy atom. The van der Waals surface area contributed by atoms with Crippen LogP contribution < -0.4 is 37.6 Å². The summed E-state index contributed by atoms with van der Waals surface area (Å²) in [5.41, 5.74) is 6.54. The summed E-state index contributed by atoms with van der Waals surface area (Å²) in [6.07, 6.45) is 25.3. The van der Waals surface area contributed by atoms with E-state index in [9.17, 15) is 43.2 Å². The molecule has 8 rings (SSSR count). The molecule has 7 fully saturated rings. The van der Waals surface area contributed by atoms with Crippen molar-refractivity contribution in [2.45, 2.75) is 224 Å². The van der Waals surface area contributed by atoms with E-state index in [4.69, 9.17) is 15.6 Å². The zero-order chi connectivity index (χ0) is 61.9. The van der Waals surface area contributed by atoms with Gasteiger partial charge in [-0.3, -0.25) is 48.1 Å². The summed E-state index contributed by atoms with van der Waals surface area (Å²) in [5.74, 6) is -3.66. The number of amides is 8. The van der Waals surface area contributed by atoms with E-state index in [1.807, 2.05) is 18.2 Å². The predicted octanol–water partition coefficient (Wildman–Crippen LogP) is 5.74. The number of rotatable bonds is 12. The largest absolute Gasteiger partial charge is 0.483 e. The number of nitrogens with zero attached hydrogens (tertiary/aromatic N) is 3. The number of hydrogen-bond acceptors (Lipinski definition) is 12. The summed E-state index contributed by atoms with van der Waals surface area (Å²) < 4.78 is 0. The third-order valence-electron chi connectivity index (χ3n) is 19.4. The van der Waals surface area contributed by atoms with Crippen molar-refractivity contribution in [3.63, 3.8) is 0 Å². The van der Waals surface area contributed by atoms with Crippen molar-refractivity contribution in [2.75, 3.05) is 26.2 Å². The molecule has 21 heteroatoms. The molecule has 5 heterocycles. The smallest absolute Gasteiger partial charge is 0.315 e. The fourth-order valence-corrected chi connectivity index (χ4v) is 14.3. The van der Waals surface area contributed by atoms with Crippen LogP contribution in [0.1, 0.15) is 181 Å². The first-order valence-corrected chi connectivity index (χ1v) is 31.6. The predicted molar refractivity (Wildman–Crippen MR) is 322 cm³/mol. The van der Waals surface area contributed by atoms with Crippen LogP contribution in [0, 0.1) is 34.5 Å². The van der Waals surface area contributed by atoms with E-state index >= 15 is 0 Å². The van der Waals surface area contributed by atoms with Gasteiger partial charge in [-0.15, -0.1) is 13.2 Å². The molecule has 470 valence electrons. The van der Waals surface area contributed by atoms with Crippen LogP contribution in [0.4, 0.5) is 4.79 Å². The van der Waals surface area contributed by atoms with Gasteiger partial charge in [-0.2, -0.15) is 0 Å². The van der Waals surface area contributed by atoms with E-state index in [1.54, 1.807) is 16.0 Å². The topological polar surface area (TPSA) is 308 Å². The molecular weight excluding hydrogens is 1080 g/mol. The second-order valence-corrected chi connectivity index (χ2v) is 25.9. The summed E-state index contributed by atoms with van der Waals surface area (Å²) in [5, 5.41) is 24.1. The average molecular weight is 1180 g/mol. The number of nitrogens with one attached hydrogen (secondary N) is 6. The highest BCUT2D eigenvalue weighted by molar-refractivity contribution is 6.39. The molecule has 0 spiro atoms. The van der Waals surface area contributed by atoms with E-state index in [2.05, 4.69) is 77.7 Å². The van der Waals surface area contributed by atoms with Crippen LogP contribution in [0.2, 0.25) is 0 Å². The maximum atomic E-state index is 14.4. The maximum absolute atomic E-state index is 14.4. The van der Waals surface area contributed by atoms with E-state index in [0.29, 0.717) is 51.6 Å². The van der Waals surface area contributed by atoms with Crippen LogP contribution in [0.3, 0.4) is 0 Å². The highest BCUT2D eigenvalue weighted by atomic mass is 16.3. The van der Waals surface area contributed by atoms with Crippen LogP contribution in [0.15, 0.2) is 49.7 Å². The maximum Gasteiger partial charge on any atom is 0.315 e. The van der Waals surface area contributed by atoms with Crippen molar-refractivity contribution < 1.29 is 53.1 Å². The lowest BCUT2D eigenvalue weighted by atomic mass is 9.78. The van der Waals surface area contributed by atoms with E-state index in [-0.39, 0.29) is 77.8 Å². The molecule has 9 N–H and O–H groups in total. The second kappa shape index (κ2) is 31.8. The SMILES string of the molecule is C=CCNC(=O)C(=O)[C@@H]1CCCCCCCCC[C@H](N)C(=O)N2C[C@H]3[C@@H]([C@H]2C(=O)N1)C3(C)C.C=CCNC(=O)C(=O)[C@@H]1CCCCCCCCC[C@H](NC(=O)NC2(Cc3ccccn3)CCCCC2)C(=O)N2C[C@H]3[C@@H]([C@H]2C(=O)N1)C3(C)C.O=CO. The molecule has 21 nitrogen and oxygen atoms in total. The molecule has 4 saturated heterocycles. The minimum absolute atomic E-state index is 0.0371. The quantitative estimate of drug-likeness (QED) is 0.0705. The molecule has 3 saturated carbocycles. The number of piperidine rings is 2. The lowest BCUT2D eigenvalue weighted by Gasteiger charge is -2.39. The van der Waals surface area contributed by atoms with Gasteiger partial charge in [0, 0.05) is 50.0 Å². The standard InChI is InChI=1S/C38H56N6O5.C25H40N4O4.CH2O2/c1-4-22-40-34(47)32(45)28-18-11-8-6-5-7-9-12-19-29(35(48)44-25-27-30(37(27,2)3)31(44)33(46)41-28)42-36(49)43-38(20-14-10-15-21-38)24-26-17-13-16-23-39-26;1-4-14-27-23(32)21(30)18-13-11-9-7-5-6-8-10-12-17(26)24(33)29-15-16-19(25(16,2)3)20(29)22(31)28-18;2-1-3/h4,13,16-17,23,27-31H,1,5-12,14-15,18-22,24-25H2,2-3H3,(H,40,47)(H,41,46)(H2,42,43,49);4,16-20H,1,5-15,26H2,2-3H3,(H,27,32)(H,28,31);1H,(H,2,3)/t27-,28-,29-,30-,31-;16-,17-,18-,19-,20-;/m00./s1. The molecule has 10 atom stereocenters. The zero-order valence-corrected chi connectivity index (χ0v) is 51.0. The molecule has 0 unspecified atom stereocenters. The molecule has 7 aliphatic rings. The molecule has 0 aromatic carbocycles. The molecule has 8 amide bonds. The minimum Gasteiger partial charge on any atom is -0.483 e. The number of nitrogens with two attached hydrogens (primary N) is 1. The normalized spacial score (nSPS) is 29.4. The van der Waals surface area contributed by atoms with Gasteiger partial charge in [-0.1, -0.05) is 155 Å². The van der Waals surface area contributed by atoms with Crippen molar-refractivity contribution in [3.8, 4) is 0 Å². The molecule has 1 aromatic heterocycles. The van der Waals surface area contributed by atoms with Crippen LogP contribution in [-0.2, 0) is 49.6 Å². The van der Waals surface area contributed by atoms with Gasteiger partial charge >= 0.3 is 6.03 Å². The van der Waals surface area contributed by atoms with Crippen LogP contribution >= 0.6 is 0 Å². The Kier molecular flexibility index (Phi) is 25.3. The summed E-state index contributed by atoms with van der Waals surface area (Å²) in [7, 11) is 0. The third-order valence-corrected chi connectivity index (χ3v) is 19.4. The Morgan fingerprint density at radius 3 is 1.52 bits per heavy atom. The number of fused-ring (bicyclic) bond motifs is 6. The number of carbonyl (C=O) groups excluding carboxylic acids is 9. The van der Waals surface area contributed by atoms with Crippen LogP contribution in [0.25, 0.3) is 0 Å². The van der Waals surface area contributed by atoms with Gasteiger partial charge in [-0.25, -0.2) is 4.79 Å². The Hall–Kier alpha value is -6.51. The van der Waals surface area contributed by atoms with E-state index in [0.717, 1.165) is 121 Å². The lowest BCUT2D eigenvalue weighted by Crippen LogP contribution is -2.60. The average Bonchev–Trinajstić information content (AvgIpc) is 1.62. The van der Waals surface area contributed by atoms with Crippen LogP contribution in [0.5, 0.6) is 0 Å². The third kappa shape index (κ3) is 17.8. The number of carbonyl (C=O) groups is 10. The lowest BCUT2D eigenvalue weighted by molar-refractivity contribution is -0.144. The molecule has 0 bridgehead atoms. The number of Topliss-reactive ketones (excluding diaryl/α,β-unsaturated/α-hetero) is 2. The minimum atomic E-state index is -0.978. The summed E-state index contributed by atoms with van der Waals surface area (Å²) >= 11 is 0. The van der Waals surface area contributed by atoms with Gasteiger partial charge in [0.05, 0.1) is 18.1 Å². The molecule has 85 heavy (non-hydrogen) atoms. The molecule has 1 aromatic rings. The first-order chi connectivity index (χ1) is 40.7. The first kappa shape index (κ1) is 67.6. The van der Waals surface area contributed by atoms with Crippen molar-refractivity contribution in [2.24, 2.45) is 40.2 Å². The summed E-state index contributed by atoms with van der Waals surface area (Å²) in [6, 6.07) is 0.741. The van der Waals surface area contributed by atoms with Crippen molar-refractivity contribution in [3.05, 3.63) is 55.4 Å². The molecular formula is C64H98N10O11. The zero-order valence-electron chi connectivity index (χ0n) is 51.0. The van der Waals surface area contributed by atoms with Gasteiger partial charge in [0.25, 0.3) is 18.3 Å². The van der Waals surface area contributed by atoms with Crippen molar-refractivity contribution in [1.29, 1.82) is 0 Å². The number of carboxylic acid groups (broad SMARTS) is 1. The second-order valence-electron chi connectivity index (χ2n) is 25.9. The molecule has 3 aliphatic carbocycles. The Morgan fingerprint density at radius 2 is 1.07 bits per heavy atom. The van der Waals surface area contributed by atoms with Gasteiger partial charge in [0.1, 0.15) is 18.1 Å². The Balaban J connectivity index is 0.000000279. The monoisotopic (exact) mass is 1180 g/mol. The summed E-state index contributed by atoms with van der Waals surface area (Å²) in [4.78, 5) is 136. The first-order valence-electron chi connectivity index (χ1n) is 31.6. The fraction of sp³-hybridized carbons (Fsp3) is 0.703. The van der Waals surface area contributed by atoms with Gasteiger partial charge in [0.15, 0.2) is 0 Å². The van der Waals surface area contributed by atoms with Gasteiger partial charge in [-0.05, 0) is 85.2 Å². The number of hydrogen-bond donors (Lipinski definition) is 8. The van der Waals surface area contributed by atoms with E-state index < -0.39 is 71.1 Å². The molecule has 0 radical (unpaired) electrons.